The van der Waals surface area contributed by atoms with Crippen molar-refractivity contribution in [3.63, 3.8) is 0 Å². The molecule has 0 radical (unpaired) electrons. The van der Waals surface area contributed by atoms with Crippen molar-refractivity contribution in [2.45, 2.75) is 38.3 Å². The number of aromatic nitrogens is 1. The zero-order valence-corrected chi connectivity index (χ0v) is 18.3. The molecule has 8 nitrogen and oxygen atoms in total. The molecule has 164 valence electrons. The maximum absolute atomic E-state index is 12.9. The number of nitrogens with zero attached hydrogens (tertiary/aromatic N) is 3. The van der Waals surface area contributed by atoms with Gasteiger partial charge in [0, 0.05) is 37.0 Å². The molecule has 1 aromatic carbocycles. The molecule has 0 saturated carbocycles. The van der Waals surface area contributed by atoms with Crippen molar-refractivity contribution < 1.29 is 9.72 Å². The predicted molar refractivity (Wildman–Crippen MR) is 122 cm³/mol. The molecule has 2 atom stereocenters. The second-order valence-electron chi connectivity index (χ2n) is 6.99. The average molecular weight is 456 g/mol. The summed E-state index contributed by atoms with van der Waals surface area (Å²) >= 11 is 0. The number of anilines is 1. The van der Waals surface area contributed by atoms with Gasteiger partial charge >= 0.3 is 0 Å². The van der Waals surface area contributed by atoms with Gasteiger partial charge in [-0.3, -0.25) is 19.9 Å². The van der Waals surface area contributed by atoms with E-state index in [1.54, 1.807) is 23.2 Å². The van der Waals surface area contributed by atoms with E-state index in [9.17, 15) is 14.9 Å². The Morgan fingerprint density at radius 2 is 2.10 bits per heavy atom. The van der Waals surface area contributed by atoms with Crippen LogP contribution in [0.25, 0.3) is 0 Å². The van der Waals surface area contributed by atoms with Crippen molar-refractivity contribution in [2.75, 3.05) is 18.4 Å². The van der Waals surface area contributed by atoms with Crippen molar-refractivity contribution in [2.24, 2.45) is 5.73 Å². The van der Waals surface area contributed by atoms with Crippen LogP contribution in [-0.2, 0) is 0 Å². The van der Waals surface area contributed by atoms with Crippen LogP contribution < -0.4 is 11.1 Å². The van der Waals surface area contributed by atoms with Gasteiger partial charge in [0.2, 0.25) is 0 Å². The molecule has 1 aliphatic heterocycles. The summed E-state index contributed by atoms with van der Waals surface area (Å²) in [7, 11) is 0. The average Bonchev–Trinajstić information content (AvgIpc) is 2.73. The summed E-state index contributed by atoms with van der Waals surface area (Å²) in [5, 5.41) is 14.7. The van der Waals surface area contributed by atoms with Crippen LogP contribution in [0.4, 0.5) is 11.4 Å². The van der Waals surface area contributed by atoms with Crippen LogP contribution in [0, 0.1) is 10.1 Å². The van der Waals surface area contributed by atoms with Crippen LogP contribution >= 0.6 is 24.8 Å². The van der Waals surface area contributed by atoms with E-state index in [4.69, 9.17) is 5.73 Å². The number of carbonyl (C=O) groups excluding carboxylic acids is 1. The Hall–Kier alpha value is -2.42. The zero-order valence-electron chi connectivity index (χ0n) is 16.7. The fourth-order valence-electron chi connectivity index (χ4n) is 3.56. The van der Waals surface area contributed by atoms with Gasteiger partial charge in [0.05, 0.1) is 16.7 Å². The van der Waals surface area contributed by atoms with Gasteiger partial charge in [-0.25, -0.2) is 0 Å². The molecule has 0 spiro atoms. The van der Waals surface area contributed by atoms with Crippen LogP contribution in [0.5, 0.6) is 0 Å². The van der Waals surface area contributed by atoms with Gasteiger partial charge in [0.15, 0.2) is 0 Å². The number of nitrogens with two attached hydrogens (primary N) is 1. The molecule has 1 fully saturated rings. The number of nitro benzene ring substituents is 1. The third kappa shape index (κ3) is 5.81. The van der Waals surface area contributed by atoms with E-state index in [-0.39, 0.29) is 48.5 Å². The number of carbonyl (C=O) groups is 1. The Labute approximate surface area is 188 Å². The predicted octanol–water partition coefficient (Wildman–Crippen LogP) is 3.96. The molecular weight excluding hydrogens is 429 g/mol. The van der Waals surface area contributed by atoms with Crippen molar-refractivity contribution in [3.05, 3.63) is 64.0 Å². The molecule has 0 bridgehead atoms. The number of nitrogens with one attached hydrogen (secondary N) is 1. The summed E-state index contributed by atoms with van der Waals surface area (Å²) < 4.78 is 0. The third-order valence-corrected chi connectivity index (χ3v) is 5.10. The number of piperidine rings is 1. The summed E-state index contributed by atoms with van der Waals surface area (Å²) in [6, 6.07) is 9.87. The summed E-state index contributed by atoms with van der Waals surface area (Å²) in [5.74, 6) is -0.206. The summed E-state index contributed by atoms with van der Waals surface area (Å²) in [5.41, 5.74) is 7.11. The van der Waals surface area contributed by atoms with Gasteiger partial charge in [-0.2, -0.15) is 0 Å². The van der Waals surface area contributed by atoms with Crippen LogP contribution in [0.2, 0.25) is 0 Å². The Kier molecular flexibility index (Phi) is 9.98. The molecule has 1 aliphatic rings. The highest BCUT2D eigenvalue weighted by Crippen LogP contribution is 2.30. The fourth-order valence-corrected chi connectivity index (χ4v) is 3.56. The number of nitro groups is 1. The molecule has 3 N–H and O–H groups in total. The van der Waals surface area contributed by atoms with Crippen molar-refractivity contribution in [3.8, 4) is 0 Å². The van der Waals surface area contributed by atoms with Gasteiger partial charge in [-0.05, 0) is 50.5 Å². The maximum Gasteiger partial charge on any atom is 0.293 e. The second-order valence-corrected chi connectivity index (χ2v) is 6.99. The molecule has 1 aromatic heterocycles. The minimum Gasteiger partial charge on any atom is -0.371 e. The Morgan fingerprint density at radius 3 is 2.73 bits per heavy atom. The third-order valence-electron chi connectivity index (χ3n) is 5.10. The second kappa shape index (κ2) is 11.7. The number of hydrogen-bond acceptors (Lipinski definition) is 6. The lowest BCUT2D eigenvalue weighted by Crippen LogP contribution is -2.47. The van der Waals surface area contributed by atoms with Crippen molar-refractivity contribution >= 4 is 42.1 Å². The molecule has 2 aromatic rings. The number of rotatable bonds is 6. The monoisotopic (exact) mass is 455 g/mol. The zero-order chi connectivity index (χ0) is 20.1. The molecule has 1 saturated heterocycles. The molecule has 2 unspecified atom stereocenters. The first-order valence-electron chi connectivity index (χ1n) is 9.48. The van der Waals surface area contributed by atoms with Crippen molar-refractivity contribution in [1.82, 2.24) is 9.88 Å². The van der Waals surface area contributed by atoms with E-state index in [0.29, 0.717) is 24.3 Å². The highest BCUT2D eigenvalue weighted by Gasteiger charge is 2.28. The van der Waals surface area contributed by atoms with E-state index in [0.717, 1.165) is 25.0 Å². The number of hydrogen-bond donors (Lipinski definition) is 2. The minimum absolute atomic E-state index is 0. The van der Waals surface area contributed by atoms with Crippen molar-refractivity contribution in [1.29, 1.82) is 0 Å². The summed E-state index contributed by atoms with van der Waals surface area (Å²) in [6.45, 7) is 2.91. The number of halogens is 2. The number of pyridine rings is 1. The van der Waals surface area contributed by atoms with E-state index in [1.165, 1.54) is 6.07 Å². The molecule has 30 heavy (non-hydrogen) atoms. The van der Waals surface area contributed by atoms with E-state index < -0.39 is 4.92 Å². The molecule has 0 aliphatic carbocycles. The first-order valence-corrected chi connectivity index (χ1v) is 9.48. The molecule has 3 rings (SSSR count). The number of benzene rings is 1. The first kappa shape index (κ1) is 25.6. The van der Waals surface area contributed by atoms with Gasteiger partial charge in [0.25, 0.3) is 11.6 Å². The number of amides is 1. The lowest BCUT2D eigenvalue weighted by Gasteiger charge is -2.35. The van der Waals surface area contributed by atoms with E-state index in [2.05, 4.69) is 10.3 Å². The summed E-state index contributed by atoms with van der Waals surface area (Å²) in [4.78, 5) is 30.1. The largest absolute Gasteiger partial charge is 0.371 e. The topological polar surface area (TPSA) is 114 Å². The van der Waals surface area contributed by atoms with Crippen LogP contribution in [0.15, 0.2) is 42.6 Å². The lowest BCUT2D eigenvalue weighted by atomic mass is 10.0. The quantitative estimate of drug-likeness (QED) is 0.502. The van der Waals surface area contributed by atoms with Gasteiger partial charge < -0.3 is 16.0 Å². The normalized spacial score (nSPS) is 16.6. The van der Waals surface area contributed by atoms with Crippen LogP contribution in [0.1, 0.15) is 48.3 Å². The Balaban J connectivity index is 0.00000225. The van der Waals surface area contributed by atoms with E-state index in [1.807, 2.05) is 25.1 Å². The molecule has 10 heteroatoms. The standard InChI is InChI=1S/C20H25N5O3.2ClH/c1-14(17-7-2-4-10-22-17)23-18-9-8-15(12-19(18)25(27)28)20(26)24-11-5-3-6-16(24)13-21;;/h2,4,7-10,12,14,16,23H,3,5-6,11,13,21H2,1H3;2*1H. The van der Waals surface area contributed by atoms with Gasteiger partial charge in [-0.1, -0.05) is 6.07 Å². The lowest BCUT2D eigenvalue weighted by molar-refractivity contribution is -0.384. The summed E-state index contributed by atoms with van der Waals surface area (Å²) in [6.07, 6.45) is 4.51. The highest BCUT2D eigenvalue weighted by atomic mass is 35.5. The SMILES string of the molecule is CC(Nc1ccc(C(=O)N2CCCCC2CN)cc1[N+](=O)[O-])c1ccccn1.Cl.Cl. The maximum atomic E-state index is 12.9. The van der Waals surface area contributed by atoms with E-state index >= 15 is 0 Å². The number of likely N-dealkylation sites (tertiary alicyclic amines) is 1. The van der Waals surface area contributed by atoms with Crippen LogP contribution in [-0.4, -0.2) is 39.8 Å². The van der Waals surface area contributed by atoms with Crippen LogP contribution in [0.3, 0.4) is 0 Å². The fraction of sp³-hybridized carbons (Fsp3) is 0.400. The Morgan fingerprint density at radius 1 is 1.33 bits per heavy atom. The van der Waals surface area contributed by atoms with Gasteiger partial charge in [0.1, 0.15) is 5.69 Å². The highest BCUT2D eigenvalue weighted by molar-refractivity contribution is 5.96. The first-order chi connectivity index (χ1) is 13.5. The molecule has 2 heterocycles. The molecule has 1 amide bonds. The smallest absolute Gasteiger partial charge is 0.293 e. The molecular formula is C20H27Cl2N5O3. The minimum atomic E-state index is -0.471. The Bertz CT molecular complexity index is 854. The van der Waals surface area contributed by atoms with Gasteiger partial charge in [-0.15, -0.1) is 24.8 Å².